The normalized spacial score (nSPS) is 24.5. The lowest BCUT2D eigenvalue weighted by Crippen LogP contribution is -2.07. The Morgan fingerprint density at radius 1 is 1.67 bits per heavy atom. The van der Waals surface area contributed by atoms with E-state index in [1.54, 1.807) is 6.20 Å². The fraction of sp³-hybridized carbons (Fsp3) is 0.667. The number of nitrogens with one attached hydrogen (secondary N) is 2. The van der Waals surface area contributed by atoms with Crippen LogP contribution in [-0.4, -0.2) is 36.9 Å². The number of rotatable bonds is 3. The molecule has 5 nitrogen and oxygen atoms in total. The summed E-state index contributed by atoms with van der Waals surface area (Å²) in [5, 5.41) is 3.01. The van der Waals surface area contributed by atoms with Gasteiger partial charge in [0.15, 0.2) is 9.84 Å². The van der Waals surface area contributed by atoms with E-state index >= 15 is 0 Å². The zero-order valence-electron chi connectivity index (χ0n) is 8.66. The highest BCUT2D eigenvalue weighted by Crippen LogP contribution is 2.26. The number of nitrogens with zero attached hydrogens (tertiary/aromatic N) is 1. The Hall–Kier alpha value is -0.880. The highest BCUT2D eigenvalue weighted by molar-refractivity contribution is 7.91. The number of hydrogen-bond donors (Lipinski definition) is 2. The van der Waals surface area contributed by atoms with Crippen LogP contribution in [0.15, 0.2) is 6.20 Å². The zero-order chi connectivity index (χ0) is 10.9. The largest absolute Gasteiger partial charge is 0.345 e. The Balaban J connectivity index is 2.10. The van der Waals surface area contributed by atoms with E-state index < -0.39 is 9.84 Å². The molecule has 1 aromatic rings. The van der Waals surface area contributed by atoms with Gasteiger partial charge in [0.25, 0.3) is 0 Å². The van der Waals surface area contributed by atoms with Gasteiger partial charge in [-0.05, 0) is 13.5 Å². The molecule has 1 aromatic heterocycles. The fourth-order valence-electron chi connectivity index (χ4n) is 1.87. The van der Waals surface area contributed by atoms with Crippen LogP contribution in [0.1, 0.15) is 23.9 Å². The molecule has 2 rings (SSSR count). The average Bonchev–Trinajstić information content (AvgIpc) is 2.73. The van der Waals surface area contributed by atoms with E-state index in [9.17, 15) is 8.42 Å². The van der Waals surface area contributed by atoms with E-state index in [-0.39, 0.29) is 11.7 Å². The predicted octanol–water partition coefficient (Wildman–Crippen LogP) is 0.0312. The van der Waals surface area contributed by atoms with Gasteiger partial charge >= 0.3 is 0 Å². The SMILES string of the molecule is CNCc1cnc(C2CCS(=O)(=O)C2)[nH]1. The van der Waals surface area contributed by atoms with Gasteiger partial charge < -0.3 is 10.3 Å². The molecule has 0 amide bonds. The first kappa shape index (κ1) is 10.6. The number of imidazole rings is 1. The van der Waals surface area contributed by atoms with Gasteiger partial charge in [-0.1, -0.05) is 0 Å². The molecule has 1 atom stereocenters. The number of aromatic amines is 1. The summed E-state index contributed by atoms with van der Waals surface area (Å²) < 4.78 is 22.6. The monoisotopic (exact) mass is 229 g/mol. The molecule has 1 saturated heterocycles. The van der Waals surface area contributed by atoms with Gasteiger partial charge in [0.2, 0.25) is 0 Å². The molecule has 0 bridgehead atoms. The average molecular weight is 229 g/mol. The van der Waals surface area contributed by atoms with Crippen molar-refractivity contribution >= 4 is 9.84 Å². The zero-order valence-corrected chi connectivity index (χ0v) is 9.47. The number of aromatic nitrogens is 2. The Morgan fingerprint density at radius 3 is 3.07 bits per heavy atom. The highest BCUT2D eigenvalue weighted by atomic mass is 32.2. The Kier molecular flexibility index (Phi) is 2.79. The molecule has 1 aliphatic heterocycles. The van der Waals surface area contributed by atoms with Crippen LogP contribution in [0.3, 0.4) is 0 Å². The van der Waals surface area contributed by atoms with Gasteiger partial charge in [-0.3, -0.25) is 0 Å². The van der Waals surface area contributed by atoms with Gasteiger partial charge in [-0.15, -0.1) is 0 Å². The Morgan fingerprint density at radius 2 is 2.47 bits per heavy atom. The first-order valence-electron chi connectivity index (χ1n) is 4.99. The van der Waals surface area contributed by atoms with Gasteiger partial charge in [-0.2, -0.15) is 0 Å². The summed E-state index contributed by atoms with van der Waals surface area (Å²) in [6.45, 7) is 0.729. The smallest absolute Gasteiger partial charge is 0.151 e. The number of hydrogen-bond acceptors (Lipinski definition) is 4. The lowest BCUT2D eigenvalue weighted by atomic mass is 10.1. The van der Waals surface area contributed by atoms with E-state index in [1.165, 1.54) is 0 Å². The minimum atomic E-state index is -2.82. The van der Waals surface area contributed by atoms with Crippen LogP contribution in [0.25, 0.3) is 0 Å². The van der Waals surface area contributed by atoms with Crippen molar-refractivity contribution in [2.45, 2.75) is 18.9 Å². The maximum absolute atomic E-state index is 11.3. The summed E-state index contributed by atoms with van der Waals surface area (Å²) in [4.78, 5) is 7.38. The fourth-order valence-corrected chi connectivity index (χ4v) is 3.62. The lowest BCUT2D eigenvalue weighted by Gasteiger charge is -2.02. The highest BCUT2D eigenvalue weighted by Gasteiger charge is 2.30. The second-order valence-electron chi connectivity index (χ2n) is 3.92. The van der Waals surface area contributed by atoms with Crippen molar-refractivity contribution in [3.05, 3.63) is 17.7 Å². The molecule has 2 heterocycles. The van der Waals surface area contributed by atoms with Crippen molar-refractivity contribution in [2.75, 3.05) is 18.6 Å². The van der Waals surface area contributed by atoms with Gasteiger partial charge in [0, 0.05) is 24.4 Å². The molecule has 2 N–H and O–H groups in total. The topological polar surface area (TPSA) is 74.8 Å². The second kappa shape index (κ2) is 3.94. The minimum absolute atomic E-state index is 0.0561. The molecule has 15 heavy (non-hydrogen) atoms. The van der Waals surface area contributed by atoms with Crippen molar-refractivity contribution in [2.24, 2.45) is 0 Å². The lowest BCUT2D eigenvalue weighted by molar-refractivity contribution is 0.601. The third-order valence-corrected chi connectivity index (χ3v) is 4.40. The van der Waals surface area contributed by atoms with Gasteiger partial charge in [-0.25, -0.2) is 13.4 Å². The van der Waals surface area contributed by atoms with Crippen LogP contribution in [0.5, 0.6) is 0 Å². The van der Waals surface area contributed by atoms with Crippen molar-refractivity contribution in [1.29, 1.82) is 0 Å². The first-order chi connectivity index (χ1) is 7.11. The van der Waals surface area contributed by atoms with Crippen LogP contribution in [0.2, 0.25) is 0 Å². The molecule has 1 aliphatic rings. The molecule has 0 aliphatic carbocycles. The van der Waals surface area contributed by atoms with E-state index in [1.807, 2.05) is 7.05 Å². The third kappa shape index (κ3) is 2.38. The molecule has 1 fully saturated rings. The van der Waals surface area contributed by atoms with Crippen molar-refractivity contribution in [3.63, 3.8) is 0 Å². The molecule has 0 saturated carbocycles. The van der Waals surface area contributed by atoms with Crippen molar-refractivity contribution < 1.29 is 8.42 Å². The molecule has 0 aromatic carbocycles. The van der Waals surface area contributed by atoms with Crippen LogP contribution < -0.4 is 5.32 Å². The summed E-state index contributed by atoms with van der Waals surface area (Å²) in [6.07, 6.45) is 2.45. The number of H-pyrrole nitrogens is 1. The summed E-state index contributed by atoms with van der Waals surface area (Å²) in [6, 6.07) is 0. The molecule has 84 valence electrons. The first-order valence-corrected chi connectivity index (χ1v) is 6.81. The maximum atomic E-state index is 11.3. The Labute approximate surface area is 89.2 Å². The maximum Gasteiger partial charge on any atom is 0.151 e. The minimum Gasteiger partial charge on any atom is -0.345 e. The van der Waals surface area contributed by atoms with Gasteiger partial charge in [0.05, 0.1) is 11.5 Å². The third-order valence-electron chi connectivity index (χ3n) is 2.63. The van der Waals surface area contributed by atoms with Crippen LogP contribution >= 0.6 is 0 Å². The predicted molar refractivity (Wildman–Crippen MR) is 57.4 cm³/mol. The van der Waals surface area contributed by atoms with E-state index in [0.717, 1.165) is 18.1 Å². The molecule has 1 unspecified atom stereocenters. The van der Waals surface area contributed by atoms with Crippen molar-refractivity contribution in [1.82, 2.24) is 15.3 Å². The number of sulfone groups is 1. The molecular weight excluding hydrogens is 214 g/mol. The summed E-state index contributed by atoms with van der Waals surface area (Å²) in [7, 11) is -0.961. The molecule has 6 heteroatoms. The summed E-state index contributed by atoms with van der Waals surface area (Å²) in [5.74, 6) is 1.39. The Bertz CT molecular complexity index is 438. The van der Waals surface area contributed by atoms with Crippen LogP contribution in [-0.2, 0) is 16.4 Å². The van der Waals surface area contributed by atoms with E-state index in [2.05, 4.69) is 15.3 Å². The molecular formula is C9H15N3O2S. The molecule has 0 radical (unpaired) electrons. The van der Waals surface area contributed by atoms with Crippen LogP contribution in [0, 0.1) is 0 Å². The van der Waals surface area contributed by atoms with Crippen molar-refractivity contribution in [3.8, 4) is 0 Å². The quantitative estimate of drug-likeness (QED) is 0.767. The summed E-state index contributed by atoms with van der Waals surface area (Å²) in [5.41, 5.74) is 0.997. The van der Waals surface area contributed by atoms with E-state index in [4.69, 9.17) is 0 Å². The summed E-state index contributed by atoms with van der Waals surface area (Å²) >= 11 is 0. The standard InChI is InChI=1S/C9H15N3O2S/c1-10-4-8-5-11-9(12-8)7-2-3-15(13,14)6-7/h5,7,10H,2-4,6H2,1H3,(H,11,12). The second-order valence-corrected chi connectivity index (χ2v) is 6.15. The van der Waals surface area contributed by atoms with E-state index in [0.29, 0.717) is 12.2 Å². The van der Waals surface area contributed by atoms with Gasteiger partial charge in [0.1, 0.15) is 5.82 Å². The van der Waals surface area contributed by atoms with Crippen LogP contribution in [0.4, 0.5) is 0 Å². The molecule has 0 spiro atoms.